The molecular formula is C18H24N2O2. The number of aryl methyl sites for hydroxylation is 1. The molecule has 3 rings (SSSR count). The maximum atomic E-state index is 10.2. The Balaban J connectivity index is 1.42. The molecule has 0 saturated heterocycles. The lowest BCUT2D eigenvalue weighted by atomic mass is 10.00. The first kappa shape index (κ1) is 15.3. The summed E-state index contributed by atoms with van der Waals surface area (Å²) in [7, 11) is 0. The van der Waals surface area contributed by atoms with Crippen LogP contribution in [-0.4, -0.2) is 35.7 Å². The van der Waals surface area contributed by atoms with Crippen LogP contribution < -0.4 is 5.32 Å². The number of aliphatic hydroxyl groups is 1. The van der Waals surface area contributed by atoms with Gasteiger partial charge in [0.1, 0.15) is 11.5 Å². The van der Waals surface area contributed by atoms with E-state index >= 15 is 0 Å². The summed E-state index contributed by atoms with van der Waals surface area (Å²) in [6.45, 7) is 5.84. The topological polar surface area (TPSA) is 48.6 Å². The molecule has 4 heteroatoms. The molecule has 0 aliphatic carbocycles. The van der Waals surface area contributed by atoms with Gasteiger partial charge in [0.15, 0.2) is 0 Å². The predicted molar refractivity (Wildman–Crippen MR) is 86.6 cm³/mol. The minimum atomic E-state index is -0.360. The Morgan fingerprint density at radius 2 is 2.05 bits per heavy atom. The minimum Gasteiger partial charge on any atom is -0.465 e. The molecule has 1 aromatic carbocycles. The molecule has 2 heterocycles. The van der Waals surface area contributed by atoms with Crippen molar-refractivity contribution in [2.45, 2.75) is 32.5 Å². The molecule has 1 aromatic heterocycles. The van der Waals surface area contributed by atoms with Gasteiger partial charge in [-0.25, -0.2) is 0 Å². The van der Waals surface area contributed by atoms with Gasteiger partial charge in [0, 0.05) is 26.2 Å². The first-order chi connectivity index (χ1) is 10.7. The summed E-state index contributed by atoms with van der Waals surface area (Å²) in [4.78, 5) is 2.33. The van der Waals surface area contributed by atoms with Crippen molar-refractivity contribution in [1.29, 1.82) is 0 Å². The van der Waals surface area contributed by atoms with Crippen LogP contribution in [0.2, 0.25) is 0 Å². The number of benzene rings is 1. The van der Waals surface area contributed by atoms with E-state index in [0.29, 0.717) is 19.6 Å². The van der Waals surface area contributed by atoms with E-state index in [-0.39, 0.29) is 6.10 Å². The summed E-state index contributed by atoms with van der Waals surface area (Å²) in [5.41, 5.74) is 2.83. The van der Waals surface area contributed by atoms with Crippen LogP contribution in [-0.2, 0) is 19.5 Å². The van der Waals surface area contributed by atoms with Crippen LogP contribution in [0, 0.1) is 6.92 Å². The van der Waals surface area contributed by atoms with Crippen molar-refractivity contribution in [1.82, 2.24) is 10.2 Å². The average molecular weight is 300 g/mol. The Bertz CT molecular complexity index is 609. The Hall–Kier alpha value is -1.62. The lowest BCUT2D eigenvalue weighted by Gasteiger charge is -2.30. The highest BCUT2D eigenvalue weighted by atomic mass is 16.3. The fourth-order valence-electron chi connectivity index (χ4n) is 3.01. The van der Waals surface area contributed by atoms with Gasteiger partial charge in [0.25, 0.3) is 0 Å². The van der Waals surface area contributed by atoms with E-state index in [4.69, 9.17) is 4.42 Å². The molecule has 1 unspecified atom stereocenters. The quantitative estimate of drug-likeness (QED) is 0.858. The summed E-state index contributed by atoms with van der Waals surface area (Å²) < 4.78 is 5.50. The number of nitrogens with one attached hydrogen (secondary N) is 1. The molecule has 0 saturated carbocycles. The van der Waals surface area contributed by atoms with Gasteiger partial charge in [0.2, 0.25) is 0 Å². The number of fused-ring (bicyclic) bond motifs is 1. The van der Waals surface area contributed by atoms with Gasteiger partial charge in [-0.15, -0.1) is 0 Å². The molecule has 2 N–H and O–H groups in total. The fraction of sp³-hybridized carbons (Fsp3) is 0.444. The lowest BCUT2D eigenvalue weighted by molar-refractivity contribution is 0.104. The molecule has 118 valence electrons. The molecule has 1 aliphatic rings. The van der Waals surface area contributed by atoms with Crippen molar-refractivity contribution in [3.05, 3.63) is 59.0 Å². The standard InChI is InChI=1S/C18H24N2O2/c1-14-6-7-18(22-14)11-19-10-17(21)13-20-9-8-15-4-2-3-5-16(15)12-20/h2-7,17,19,21H,8-13H2,1H3. The van der Waals surface area contributed by atoms with E-state index < -0.39 is 0 Å². The van der Waals surface area contributed by atoms with E-state index in [1.165, 1.54) is 11.1 Å². The van der Waals surface area contributed by atoms with Gasteiger partial charge in [-0.1, -0.05) is 24.3 Å². The van der Waals surface area contributed by atoms with Gasteiger partial charge < -0.3 is 14.8 Å². The van der Waals surface area contributed by atoms with Crippen molar-refractivity contribution in [3.63, 3.8) is 0 Å². The largest absolute Gasteiger partial charge is 0.465 e. The number of nitrogens with zero attached hydrogens (tertiary/aromatic N) is 1. The lowest BCUT2D eigenvalue weighted by Crippen LogP contribution is -2.40. The fourth-order valence-corrected chi connectivity index (χ4v) is 3.01. The monoisotopic (exact) mass is 300 g/mol. The number of hydrogen-bond acceptors (Lipinski definition) is 4. The summed E-state index contributed by atoms with van der Waals surface area (Å²) in [5.74, 6) is 1.83. The van der Waals surface area contributed by atoms with Gasteiger partial charge in [0.05, 0.1) is 12.6 Å². The van der Waals surface area contributed by atoms with E-state index in [1.54, 1.807) is 0 Å². The van der Waals surface area contributed by atoms with E-state index in [2.05, 4.69) is 34.5 Å². The van der Waals surface area contributed by atoms with Crippen molar-refractivity contribution in [3.8, 4) is 0 Å². The molecule has 0 fully saturated rings. The van der Waals surface area contributed by atoms with Crippen molar-refractivity contribution in [2.24, 2.45) is 0 Å². The highest BCUT2D eigenvalue weighted by Crippen LogP contribution is 2.18. The van der Waals surface area contributed by atoms with Crippen LogP contribution in [0.1, 0.15) is 22.6 Å². The van der Waals surface area contributed by atoms with Crippen LogP contribution in [0.25, 0.3) is 0 Å². The Morgan fingerprint density at radius 1 is 1.23 bits per heavy atom. The van der Waals surface area contributed by atoms with Crippen LogP contribution in [0.3, 0.4) is 0 Å². The van der Waals surface area contributed by atoms with Crippen molar-refractivity contribution in [2.75, 3.05) is 19.6 Å². The van der Waals surface area contributed by atoms with Gasteiger partial charge in [-0.2, -0.15) is 0 Å². The Kier molecular flexibility index (Phi) is 4.93. The number of rotatable bonds is 6. The van der Waals surface area contributed by atoms with Gasteiger partial charge >= 0.3 is 0 Å². The number of furan rings is 1. The SMILES string of the molecule is Cc1ccc(CNCC(O)CN2CCc3ccccc3C2)o1. The molecule has 0 bridgehead atoms. The molecule has 0 amide bonds. The molecular weight excluding hydrogens is 276 g/mol. The Labute approximate surface area is 131 Å². The van der Waals surface area contributed by atoms with Crippen LogP contribution in [0.5, 0.6) is 0 Å². The first-order valence-corrected chi connectivity index (χ1v) is 7.94. The summed E-state index contributed by atoms with van der Waals surface area (Å²) in [6, 6.07) is 12.5. The highest BCUT2D eigenvalue weighted by molar-refractivity contribution is 5.29. The second kappa shape index (κ2) is 7.09. The zero-order valence-corrected chi connectivity index (χ0v) is 13.1. The number of hydrogen-bond donors (Lipinski definition) is 2. The molecule has 4 nitrogen and oxygen atoms in total. The van der Waals surface area contributed by atoms with Crippen LogP contribution >= 0.6 is 0 Å². The predicted octanol–water partition coefficient (Wildman–Crippen LogP) is 2.10. The van der Waals surface area contributed by atoms with E-state index in [0.717, 1.165) is 31.0 Å². The van der Waals surface area contributed by atoms with E-state index in [9.17, 15) is 5.11 Å². The third-order valence-corrected chi connectivity index (χ3v) is 4.15. The summed E-state index contributed by atoms with van der Waals surface area (Å²) in [6.07, 6.45) is 0.712. The maximum absolute atomic E-state index is 10.2. The van der Waals surface area contributed by atoms with Crippen LogP contribution in [0.4, 0.5) is 0 Å². The van der Waals surface area contributed by atoms with Gasteiger partial charge in [-0.3, -0.25) is 4.90 Å². The van der Waals surface area contributed by atoms with Gasteiger partial charge in [-0.05, 0) is 36.6 Å². The Morgan fingerprint density at radius 3 is 2.82 bits per heavy atom. The zero-order valence-electron chi connectivity index (χ0n) is 13.1. The second-order valence-electron chi connectivity index (χ2n) is 6.05. The average Bonchev–Trinajstić information content (AvgIpc) is 2.92. The normalized spacial score (nSPS) is 16.5. The number of β-amino-alcohol motifs (C(OH)–C–C–N with tert-alkyl or cyclic N) is 1. The third kappa shape index (κ3) is 3.97. The molecule has 22 heavy (non-hydrogen) atoms. The number of aliphatic hydroxyl groups excluding tert-OH is 1. The minimum absolute atomic E-state index is 0.360. The van der Waals surface area contributed by atoms with Crippen LogP contribution in [0.15, 0.2) is 40.8 Å². The molecule has 0 radical (unpaired) electrons. The molecule has 1 atom stereocenters. The first-order valence-electron chi connectivity index (χ1n) is 7.94. The van der Waals surface area contributed by atoms with Crippen molar-refractivity contribution >= 4 is 0 Å². The molecule has 2 aromatic rings. The summed E-state index contributed by atoms with van der Waals surface area (Å²) in [5, 5.41) is 13.5. The molecule has 0 spiro atoms. The smallest absolute Gasteiger partial charge is 0.117 e. The zero-order chi connectivity index (χ0) is 15.4. The van der Waals surface area contributed by atoms with Crippen molar-refractivity contribution < 1.29 is 9.52 Å². The molecule has 1 aliphatic heterocycles. The second-order valence-corrected chi connectivity index (χ2v) is 6.05. The maximum Gasteiger partial charge on any atom is 0.117 e. The third-order valence-electron chi connectivity index (χ3n) is 4.15. The highest BCUT2D eigenvalue weighted by Gasteiger charge is 2.18. The van der Waals surface area contributed by atoms with E-state index in [1.807, 2.05) is 19.1 Å². The summed E-state index contributed by atoms with van der Waals surface area (Å²) >= 11 is 0.